The van der Waals surface area contributed by atoms with Crippen molar-refractivity contribution in [3.05, 3.63) is 91.7 Å². The van der Waals surface area contributed by atoms with Crippen molar-refractivity contribution < 1.29 is 46.1 Å². The molecule has 0 fully saturated rings. The number of rotatable bonds is 7. The molecule has 0 radical (unpaired) electrons. The maximum atomic E-state index is 13.9. The normalized spacial score (nSPS) is 12.9. The van der Waals surface area contributed by atoms with Gasteiger partial charge >= 0.3 is 12.1 Å². The van der Waals surface area contributed by atoms with E-state index in [2.05, 4.69) is 15.9 Å². The molecule has 0 saturated heterocycles. The highest BCUT2D eigenvalue weighted by atomic mass is 79.9. The van der Waals surface area contributed by atoms with Crippen LogP contribution in [-0.4, -0.2) is 19.4 Å². The molecule has 208 valence electrons. The summed E-state index contributed by atoms with van der Waals surface area (Å²) in [4.78, 5) is 24.9. The largest absolute Gasteiger partial charge is 0.489 e. The van der Waals surface area contributed by atoms with Gasteiger partial charge in [-0.1, -0.05) is 15.9 Å². The van der Waals surface area contributed by atoms with E-state index in [9.17, 15) is 22.8 Å². The van der Waals surface area contributed by atoms with Crippen LogP contribution in [0.25, 0.3) is 11.0 Å². The monoisotopic (exact) mass is 620 g/mol. The molecule has 0 bridgehead atoms. The third-order valence-corrected chi connectivity index (χ3v) is 6.27. The van der Waals surface area contributed by atoms with Crippen molar-refractivity contribution in [2.75, 3.05) is 13.4 Å². The predicted octanol–water partition coefficient (Wildman–Crippen LogP) is 6.99. The summed E-state index contributed by atoms with van der Waals surface area (Å²) in [6.45, 7) is 2.28. The molecule has 4 aromatic rings. The van der Waals surface area contributed by atoms with Gasteiger partial charge < -0.3 is 28.1 Å². The third kappa shape index (κ3) is 5.77. The Morgan fingerprint density at radius 2 is 1.80 bits per heavy atom. The second-order valence-electron chi connectivity index (χ2n) is 8.54. The van der Waals surface area contributed by atoms with Crippen LogP contribution in [-0.2, 0) is 28.9 Å². The van der Waals surface area contributed by atoms with Crippen molar-refractivity contribution in [1.82, 2.24) is 0 Å². The average Bonchev–Trinajstić information content (AvgIpc) is 2.93. The summed E-state index contributed by atoms with van der Waals surface area (Å²) >= 11 is 3.43. The van der Waals surface area contributed by atoms with Gasteiger partial charge in [0.2, 0.25) is 11.2 Å². The van der Waals surface area contributed by atoms with Gasteiger partial charge in [0.1, 0.15) is 29.4 Å². The zero-order valence-corrected chi connectivity index (χ0v) is 22.4. The van der Waals surface area contributed by atoms with Gasteiger partial charge in [0.05, 0.1) is 24.2 Å². The number of hydrogen-bond donors (Lipinski definition) is 0. The first-order chi connectivity index (χ1) is 19.1. The minimum atomic E-state index is -5.04. The summed E-state index contributed by atoms with van der Waals surface area (Å²) in [5, 5.41) is -0.140. The Labute approximate surface area is 233 Å². The number of esters is 1. The number of carbonyl (C=O) groups is 1. The summed E-state index contributed by atoms with van der Waals surface area (Å²) in [5.74, 6) is -2.56. The number of fused-ring (bicyclic) bond motifs is 2. The second-order valence-corrected chi connectivity index (χ2v) is 9.46. The Hall–Kier alpha value is -4.03. The molecule has 8 nitrogen and oxygen atoms in total. The van der Waals surface area contributed by atoms with Gasteiger partial charge in [-0.3, -0.25) is 4.79 Å². The van der Waals surface area contributed by atoms with Crippen molar-refractivity contribution in [3.8, 4) is 23.0 Å². The molecule has 0 unspecified atom stereocenters. The van der Waals surface area contributed by atoms with E-state index in [1.165, 1.54) is 42.5 Å². The van der Waals surface area contributed by atoms with E-state index in [1.807, 2.05) is 6.07 Å². The van der Waals surface area contributed by atoms with E-state index in [0.29, 0.717) is 17.9 Å². The maximum Gasteiger partial charge on any atom is 0.453 e. The minimum absolute atomic E-state index is 0.0344. The van der Waals surface area contributed by atoms with E-state index >= 15 is 0 Å². The molecule has 1 aliphatic heterocycles. The Balaban J connectivity index is 1.45. The number of ether oxygens (including phenoxy) is 5. The van der Waals surface area contributed by atoms with Gasteiger partial charge in [0, 0.05) is 21.7 Å². The van der Waals surface area contributed by atoms with E-state index in [0.717, 1.165) is 10.0 Å². The van der Waals surface area contributed by atoms with Gasteiger partial charge in [0.25, 0.3) is 5.76 Å². The van der Waals surface area contributed by atoms with Crippen LogP contribution in [0.15, 0.2) is 68.3 Å². The summed E-state index contributed by atoms with van der Waals surface area (Å²) in [6, 6.07) is 12.7. The number of benzene rings is 3. The van der Waals surface area contributed by atoms with Crippen molar-refractivity contribution in [1.29, 1.82) is 0 Å². The highest BCUT2D eigenvalue weighted by Gasteiger charge is 2.40. The first-order valence-corrected chi connectivity index (χ1v) is 12.7. The number of alkyl halides is 3. The molecule has 1 aromatic heterocycles. The van der Waals surface area contributed by atoms with E-state index in [-0.39, 0.29) is 48.0 Å². The van der Waals surface area contributed by atoms with Crippen molar-refractivity contribution in [2.24, 2.45) is 0 Å². The molecule has 0 aliphatic carbocycles. The minimum Gasteiger partial charge on any atom is -0.489 e. The van der Waals surface area contributed by atoms with Crippen LogP contribution in [0, 0.1) is 0 Å². The molecule has 3 aromatic carbocycles. The average molecular weight is 621 g/mol. The smallest absolute Gasteiger partial charge is 0.453 e. The number of carbonyl (C=O) groups excluding carboxylic acids is 1. The van der Waals surface area contributed by atoms with Crippen LogP contribution in [0.5, 0.6) is 23.0 Å². The van der Waals surface area contributed by atoms with Crippen LogP contribution in [0.4, 0.5) is 13.2 Å². The second kappa shape index (κ2) is 11.2. The lowest BCUT2D eigenvalue weighted by Crippen LogP contribution is -2.15. The standard InChI is InChI=1S/C28H20BrF3O8/c1-2-36-27(34)15-3-5-19(6-4-15)39-25-23(33)21-8-7-20(11-22(21)40-26(25)28(30,31)32)37-13-17-10-18(29)9-16-12-35-14-38-24(16)17/h3-11H,2,12-14H2,1H3. The lowest BCUT2D eigenvalue weighted by Gasteiger charge is -2.21. The van der Waals surface area contributed by atoms with E-state index in [4.69, 9.17) is 28.1 Å². The molecule has 0 N–H and O–H groups in total. The van der Waals surface area contributed by atoms with Crippen LogP contribution < -0.4 is 19.6 Å². The predicted molar refractivity (Wildman–Crippen MR) is 139 cm³/mol. The summed E-state index contributed by atoms with van der Waals surface area (Å²) in [6.07, 6.45) is -5.04. The lowest BCUT2D eigenvalue weighted by atomic mass is 10.1. The van der Waals surface area contributed by atoms with Crippen LogP contribution in [0.3, 0.4) is 0 Å². The fraction of sp³-hybridized carbons (Fsp3) is 0.214. The van der Waals surface area contributed by atoms with Crippen LogP contribution in [0.1, 0.15) is 34.2 Å². The van der Waals surface area contributed by atoms with Gasteiger partial charge in [-0.25, -0.2) is 4.79 Å². The van der Waals surface area contributed by atoms with Crippen molar-refractivity contribution in [3.63, 3.8) is 0 Å². The fourth-order valence-electron chi connectivity index (χ4n) is 4.04. The van der Waals surface area contributed by atoms with Gasteiger partial charge in [-0.2, -0.15) is 13.2 Å². The molecule has 0 amide bonds. The Morgan fingerprint density at radius 1 is 1.05 bits per heavy atom. The zero-order chi connectivity index (χ0) is 28.4. The first-order valence-electron chi connectivity index (χ1n) is 11.9. The zero-order valence-electron chi connectivity index (χ0n) is 20.8. The van der Waals surface area contributed by atoms with Gasteiger partial charge in [-0.05, 0) is 55.5 Å². The molecule has 12 heteroatoms. The summed E-state index contributed by atoms with van der Waals surface area (Å²) < 4.78 is 74.7. The topological polar surface area (TPSA) is 93.4 Å². The molecule has 0 spiro atoms. The molecular formula is C28H20BrF3O8. The van der Waals surface area contributed by atoms with E-state index < -0.39 is 29.1 Å². The Kier molecular flexibility index (Phi) is 7.72. The molecular weight excluding hydrogens is 601 g/mol. The summed E-state index contributed by atoms with van der Waals surface area (Å²) in [7, 11) is 0. The van der Waals surface area contributed by atoms with Crippen molar-refractivity contribution >= 4 is 32.9 Å². The van der Waals surface area contributed by atoms with Crippen LogP contribution >= 0.6 is 15.9 Å². The van der Waals surface area contributed by atoms with Gasteiger partial charge in [-0.15, -0.1) is 0 Å². The summed E-state index contributed by atoms with van der Waals surface area (Å²) in [5.41, 5.74) is 0.334. The molecule has 40 heavy (non-hydrogen) atoms. The van der Waals surface area contributed by atoms with Crippen LogP contribution in [0.2, 0.25) is 0 Å². The third-order valence-electron chi connectivity index (χ3n) is 5.81. The molecule has 2 heterocycles. The maximum absolute atomic E-state index is 13.9. The van der Waals surface area contributed by atoms with Gasteiger partial charge in [0.15, 0.2) is 6.79 Å². The number of halogens is 4. The molecule has 0 atom stereocenters. The lowest BCUT2D eigenvalue weighted by molar-refractivity contribution is -0.154. The quantitative estimate of drug-likeness (QED) is 0.204. The molecule has 5 rings (SSSR count). The Morgan fingerprint density at radius 3 is 2.52 bits per heavy atom. The SMILES string of the molecule is CCOC(=O)c1ccc(Oc2c(C(F)(F)F)oc3cc(OCc4cc(Br)cc5c4OCOC5)ccc3c2=O)cc1. The first kappa shape index (κ1) is 27.5. The highest BCUT2D eigenvalue weighted by molar-refractivity contribution is 9.10. The van der Waals surface area contributed by atoms with Crippen molar-refractivity contribution in [2.45, 2.75) is 26.3 Å². The fourth-order valence-corrected chi connectivity index (χ4v) is 4.59. The number of hydrogen-bond acceptors (Lipinski definition) is 8. The molecule has 0 saturated carbocycles. The highest BCUT2D eigenvalue weighted by Crippen LogP contribution is 2.39. The Bertz CT molecular complexity index is 1630. The van der Waals surface area contributed by atoms with E-state index in [1.54, 1.807) is 13.0 Å². The molecule has 1 aliphatic rings.